The van der Waals surface area contributed by atoms with E-state index >= 15 is 0 Å². The van der Waals surface area contributed by atoms with Crippen molar-refractivity contribution in [2.75, 3.05) is 18.2 Å². The summed E-state index contributed by atoms with van der Waals surface area (Å²) in [4.78, 5) is 0. The third-order valence-electron chi connectivity index (χ3n) is 2.94. The molecule has 0 bridgehead atoms. The molecule has 6 nitrogen and oxygen atoms in total. The van der Waals surface area contributed by atoms with Crippen LogP contribution in [0.2, 0.25) is 0 Å². The van der Waals surface area contributed by atoms with Gasteiger partial charge >= 0.3 is 0 Å². The first-order valence-electron chi connectivity index (χ1n) is 6.89. The fraction of sp³-hybridized carbons (Fsp3) is 0.333. The van der Waals surface area contributed by atoms with Gasteiger partial charge in [-0.3, -0.25) is 0 Å². The number of ether oxygens (including phenoxy) is 1. The summed E-state index contributed by atoms with van der Waals surface area (Å²) in [5.74, 6) is 1.28. The van der Waals surface area contributed by atoms with Crippen LogP contribution in [0.5, 0.6) is 5.75 Å². The van der Waals surface area contributed by atoms with Gasteiger partial charge in [-0.25, -0.2) is 0 Å². The van der Waals surface area contributed by atoms with E-state index in [0.717, 1.165) is 15.8 Å². The molecule has 0 saturated carbocycles. The number of nitrogens with zero attached hydrogens (tertiary/aromatic N) is 4. The zero-order valence-corrected chi connectivity index (χ0v) is 14.2. The van der Waals surface area contributed by atoms with E-state index in [-0.39, 0.29) is 5.92 Å². The molecule has 0 aliphatic rings. The molecule has 0 saturated heterocycles. The van der Waals surface area contributed by atoms with Crippen LogP contribution in [0.3, 0.4) is 0 Å². The SMILES string of the molecule is COc1ccc(Nc2nnc(SC[C@@H](C#N)CCC#N)s2)cc1. The minimum absolute atomic E-state index is 0.137. The zero-order valence-electron chi connectivity index (χ0n) is 12.5. The Morgan fingerprint density at radius 1 is 1.30 bits per heavy atom. The van der Waals surface area contributed by atoms with E-state index in [1.54, 1.807) is 7.11 Å². The van der Waals surface area contributed by atoms with Crippen LogP contribution in [0.4, 0.5) is 10.8 Å². The number of hydrogen-bond acceptors (Lipinski definition) is 8. The van der Waals surface area contributed by atoms with Crippen molar-refractivity contribution in [2.45, 2.75) is 17.2 Å². The maximum atomic E-state index is 9.05. The summed E-state index contributed by atoms with van der Waals surface area (Å²) in [5, 5.41) is 29.7. The zero-order chi connectivity index (χ0) is 16.5. The molecule has 0 spiro atoms. The predicted octanol–water partition coefficient (Wildman–Crippen LogP) is 3.83. The highest BCUT2D eigenvalue weighted by Crippen LogP contribution is 2.29. The van der Waals surface area contributed by atoms with Crippen LogP contribution in [-0.4, -0.2) is 23.1 Å². The molecule has 23 heavy (non-hydrogen) atoms. The highest BCUT2D eigenvalue weighted by Gasteiger charge is 2.11. The topological polar surface area (TPSA) is 94.6 Å². The molecular weight excluding hydrogens is 330 g/mol. The van der Waals surface area contributed by atoms with Crippen molar-refractivity contribution in [1.82, 2.24) is 10.2 Å². The number of nitriles is 2. The Hall–Kier alpha value is -2.29. The molecule has 1 heterocycles. The van der Waals surface area contributed by atoms with Crippen molar-refractivity contribution in [2.24, 2.45) is 5.92 Å². The van der Waals surface area contributed by atoms with E-state index in [1.165, 1.54) is 23.1 Å². The maximum Gasteiger partial charge on any atom is 0.210 e. The molecule has 0 amide bonds. The highest BCUT2D eigenvalue weighted by atomic mass is 32.2. The summed E-state index contributed by atoms with van der Waals surface area (Å²) in [6, 6.07) is 11.8. The lowest BCUT2D eigenvalue weighted by atomic mass is 10.1. The van der Waals surface area contributed by atoms with Crippen molar-refractivity contribution in [3.8, 4) is 17.9 Å². The maximum absolute atomic E-state index is 9.05. The Morgan fingerprint density at radius 3 is 2.74 bits per heavy atom. The Bertz CT molecular complexity index is 702. The average Bonchev–Trinajstić information content (AvgIpc) is 3.03. The molecule has 118 valence electrons. The summed E-state index contributed by atoms with van der Waals surface area (Å²) in [6.07, 6.45) is 0.995. The number of rotatable bonds is 8. The Balaban J connectivity index is 1.87. The molecule has 1 atom stereocenters. The van der Waals surface area contributed by atoms with E-state index in [0.29, 0.717) is 23.7 Å². The van der Waals surface area contributed by atoms with Gasteiger partial charge in [0, 0.05) is 17.9 Å². The quantitative estimate of drug-likeness (QED) is 0.726. The molecule has 0 aliphatic heterocycles. The van der Waals surface area contributed by atoms with E-state index in [4.69, 9.17) is 15.3 Å². The first-order chi connectivity index (χ1) is 11.2. The third kappa shape index (κ3) is 5.44. The number of benzene rings is 1. The summed E-state index contributed by atoms with van der Waals surface area (Å²) in [5.41, 5.74) is 0.905. The first-order valence-corrected chi connectivity index (χ1v) is 8.69. The van der Waals surface area contributed by atoms with Crippen LogP contribution in [0.25, 0.3) is 0 Å². The molecule has 1 N–H and O–H groups in total. The van der Waals surface area contributed by atoms with Crippen LogP contribution in [0.1, 0.15) is 12.8 Å². The van der Waals surface area contributed by atoms with E-state index in [2.05, 4.69) is 27.7 Å². The second kappa shape index (κ2) is 8.99. The lowest BCUT2D eigenvalue weighted by Crippen LogP contribution is -1.99. The van der Waals surface area contributed by atoms with Gasteiger partial charge in [-0.2, -0.15) is 10.5 Å². The fourth-order valence-electron chi connectivity index (χ4n) is 1.71. The largest absolute Gasteiger partial charge is 0.497 e. The number of hydrogen-bond donors (Lipinski definition) is 1. The third-order valence-corrected chi connectivity index (χ3v) is 5.08. The number of methoxy groups -OCH3 is 1. The van der Waals surface area contributed by atoms with Gasteiger partial charge in [0.2, 0.25) is 5.13 Å². The first kappa shape index (κ1) is 17.1. The van der Waals surface area contributed by atoms with E-state index < -0.39 is 0 Å². The van der Waals surface area contributed by atoms with Gasteiger partial charge in [-0.15, -0.1) is 10.2 Å². The van der Waals surface area contributed by atoms with Crippen molar-refractivity contribution in [1.29, 1.82) is 10.5 Å². The molecule has 8 heteroatoms. The second-order valence-electron chi connectivity index (χ2n) is 4.56. The Kier molecular flexibility index (Phi) is 6.67. The Morgan fingerprint density at radius 2 is 2.09 bits per heavy atom. The van der Waals surface area contributed by atoms with E-state index in [1.807, 2.05) is 24.3 Å². The number of nitrogens with one attached hydrogen (secondary N) is 1. The minimum Gasteiger partial charge on any atom is -0.497 e. The average molecular weight is 345 g/mol. The predicted molar refractivity (Wildman–Crippen MR) is 90.9 cm³/mol. The number of thioether (sulfide) groups is 1. The van der Waals surface area contributed by atoms with Gasteiger partial charge < -0.3 is 10.1 Å². The monoisotopic (exact) mass is 345 g/mol. The molecule has 2 aromatic rings. The fourth-order valence-corrected chi connectivity index (χ4v) is 3.57. The molecule has 2 rings (SSSR count). The van der Waals surface area contributed by atoms with Crippen LogP contribution in [0, 0.1) is 28.6 Å². The molecule has 1 aromatic heterocycles. The number of anilines is 2. The lowest BCUT2D eigenvalue weighted by Gasteiger charge is -2.04. The van der Waals surface area contributed by atoms with Gasteiger partial charge in [0.25, 0.3) is 0 Å². The van der Waals surface area contributed by atoms with Crippen LogP contribution in [-0.2, 0) is 0 Å². The normalized spacial score (nSPS) is 11.3. The van der Waals surface area contributed by atoms with Gasteiger partial charge in [-0.1, -0.05) is 23.1 Å². The highest BCUT2D eigenvalue weighted by molar-refractivity contribution is 8.01. The van der Waals surface area contributed by atoms with Gasteiger partial charge in [0.15, 0.2) is 4.34 Å². The lowest BCUT2D eigenvalue weighted by molar-refractivity contribution is 0.415. The molecule has 1 aromatic carbocycles. The smallest absolute Gasteiger partial charge is 0.210 e. The summed E-state index contributed by atoms with van der Waals surface area (Å²) >= 11 is 2.93. The second-order valence-corrected chi connectivity index (χ2v) is 6.81. The summed E-state index contributed by atoms with van der Waals surface area (Å²) in [6.45, 7) is 0. The molecule has 0 fully saturated rings. The summed E-state index contributed by atoms with van der Waals surface area (Å²) < 4.78 is 5.92. The van der Waals surface area contributed by atoms with Gasteiger partial charge in [-0.05, 0) is 30.7 Å². The minimum atomic E-state index is -0.137. The van der Waals surface area contributed by atoms with Crippen LogP contribution >= 0.6 is 23.1 Å². The van der Waals surface area contributed by atoms with Crippen molar-refractivity contribution >= 4 is 33.9 Å². The van der Waals surface area contributed by atoms with Crippen molar-refractivity contribution in [3.63, 3.8) is 0 Å². The Labute approximate surface area is 143 Å². The molecule has 0 aliphatic carbocycles. The number of aromatic nitrogens is 2. The molecule has 0 radical (unpaired) electrons. The van der Waals surface area contributed by atoms with Crippen LogP contribution in [0.15, 0.2) is 28.6 Å². The van der Waals surface area contributed by atoms with E-state index in [9.17, 15) is 0 Å². The molecule has 0 unspecified atom stereocenters. The summed E-state index contributed by atoms with van der Waals surface area (Å²) in [7, 11) is 1.63. The van der Waals surface area contributed by atoms with Gasteiger partial charge in [0.1, 0.15) is 5.75 Å². The van der Waals surface area contributed by atoms with Gasteiger partial charge in [0.05, 0.1) is 25.2 Å². The standard InChI is InChI=1S/C15H15N5OS2/c1-21-13-6-4-12(5-7-13)18-14-19-20-15(23-14)22-10-11(9-17)3-2-8-16/h4-7,11H,2-3,10H2,1H3,(H,18,19)/t11-/m1/s1. The van der Waals surface area contributed by atoms with Crippen molar-refractivity contribution in [3.05, 3.63) is 24.3 Å². The van der Waals surface area contributed by atoms with Crippen molar-refractivity contribution < 1.29 is 4.74 Å². The molecular formula is C15H15N5OS2. The van der Waals surface area contributed by atoms with Crippen LogP contribution < -0.4 is 10.1 Å².